The average Bonchev–Trinajstić information content (AvgIpc) is 2.49. The first kappa shape index (κ1) is 15.1. The second-order valence-electron chi connectivity index (χ2n) is 4.98. The average molecular weight is 282 g/mol. The summed E-state index contributed by atoms with van der Waals surface area (Å²) in [5.41, 5.74) is 3.46. The zero-order valence-electron chi connectivity index (χ0n) is 13.1. The third-order valence-corrected chi connectivity index (χ3v) is 3.37. The van der Waals surface area contributed by atoms with Crippen LogP contribution in [0.15, 0.2) is 47.5 Å². The van der Waals surface area contributed by atoms with Gasteiger partial charge < -0.3 is 9.64 Å². The lowest BCUT2D eigenvalue weighted by Crippen LogP contribution is -2.21. The molecule has 0 heterocycles. The summed E-state index contributed by atoms with van der Waals surface area (Å²) in [5, 5.41) is 0. The highest BCUT2D eigenvalue weighted by Crippen LogP contribution is 2.31. The smallest absolute Gasteiger partial charge is 0.130 e. The van der Waals surface area contributed by atoms with E-state index >= 15 is 0 Å². The quantitative estimate of drug-likeness (QED) is 0.592. The molecule has 0 saturated carbocycles. The van der Waals surface area contributed by atoms with Crippen molar-refractivity contribution in [1.82, 2.24) is 0 Å². The van der Waals surface area contributed by atoms with Gasteiger partial charge in [-0.15, -0.1) is 0 Å². The molecule has 0 N–H and O–H groups in total. The minimum absolute atomic E-state index is 0.857. The molecule has 21 heavy (non-hydrogen) atoms. The van der Waals surface area contributed by atoms with Crippen molar-refractivity contribution < 1.29 is 4.74 Å². The van der Waals surface area contributed by atoms with Crippen molar-refractivity contribution in [1.29, 1.82) is 0 Å². The number of aliphatic imine (C=N–C) groups is 1. The van der Waals surface area contributed by atoms with Crippen LogP contribution in [0.3, 0.4) is 0 Å². The lowest BCUT2D eigenvalue weighted by atomic mass is 10.1. The molecule has 2 aromatic carbocycles. The van der Waals surface area contributed by atoms with E-state index in [0.29, 0.717) is 0 Å². The highest BCUT2D eigenvalue weighted by molar-refractivity contribution is 5.81. The van der Waals surface area contributed by atoms with E-state index in [1.807, 2.05) is 36.7 Å². The van der Waals surface area contributed by atoms with Gasteiger partial charge in [-0.05, 0) is 56.2 Å². The van der Waals surface area contributed by atoms with Gasteiger partial charge in [0.25, 0.3) is 0 Å². The number of ether oxygens (including phenoxy) is 1. The van der Waals surface area contributed by atoms with Crippen molar-refractivity contribution in [2.24, 2.45) is 4.99 Å². The van der Waals surface area contributed by atoms with E-state index in [9.17, 15) is 0 Å². The zero-order valence-corrected chi connectivity index (χ0v) is 13.1. The topological polar surface area (TPSA) is 24.8 Å². The van der Waals surface area contributed by atoms with Crippen molar-refractivity contribution in [2.45, 2.75) is 20.8 Å². The minimum atomic E-state index is 0.857. The van der Waals surface area contributed by atoms with E-state index < -0.39 is 0 Å². The van der Waals surface area contributed by atoms with E-state index in [4.69, 9.17) is 4.74 Å². The molecule has 0 aliphatic carbocycles. The second-order valence-corrected chi connectivity index (χ2v) is 4.98. The number of hydrogen-bond donors (Lipinski definition) is 0. The van der Waals surface area contributed by atoms with Crippen LogP contribution in [0.2, 0.25) is 0 Å². The Hall–Kier alpha value is -2.29. The SMILES string of the molecule is CCN(C=NC)c1cc(C)c(Oc2ccccc2)cc1C. The standard InChI is InChI=1S/C18H22N2O/c1-5-20(13-19-4)17-11-15(3)18(12-14(17)2)21-16-9-7-6-8-10-16/h6-13H,5H2,1-4H3. The van der Waals surface area contributed by atoms with Gasteiger partial charge in [-0.2, -0.15) is 0 Å². The van der Waals surface area contributed by atoms with Crippen LogP contribution in [0, 0.1) is 13.8 Å². The van der Waals surface area contributed by atoms with Crippen LogP contribution in [0.1, 0.15) is 18.1 Å². The van der Waals surface area contributed by atoms with E-state index in [-0.39, 0.29) is 0 Å². The van der Waals surface area contributed by atoms with Crippen LogP contribution in [-0.2, 0) is 0 Å². The van der Waals surface area contributed by atoms with Crippen molar-refractivity contribution in [3.8, 4) is 11.5 Å². The van der Waals surface area contributed by atoms with Crippen molar-refractivity contribution in [3.63, 3.8) is 0 Å². The molecule has 0 aliphatic heterocycles. The summed E-state index contributed by atoms with van der Waals surface area (Å²) in [6.07, 6.45) is 1.86. The molecule has 0 bridgehead atoms. The van der Waals surface area contributed by atoms with Gasteiger partial charge in [0.15, 0.2) is 0 Å². The second kappa shape index (κ2) is 6.93. The van der Waals surface area contributed by atoms with Gasteiger partial charge in [-0.25, -0.2) is 0 Å². The summed E-state index contributed by atoms with van der Waals surface area (Å²) in [5.74, 6) is 1.75. The number of rotatable bonds is 5. The summed E-state index contributed by atoms with van der Waals surface area (Å²) >= 11 is 0. The van der Waals surface area contributed by atoms with Crippen LogP contribution >= 0.6 is 0 Å². The Morgan fingerprint density at radius 3 is 2.43 bits per heavy atom. The molecule has 0 saturated heterocycles. The van der Waals surface area contributed by atoms with Crippen LogP contribution in [0.4, 0.5) is 5.69 Å². The van der Waals surface area contributed by atoms with Gasteiger partial charge in [0, 0.05) is 19.3 Å². The number of para-hydroxylation sites is 1. The fourth-order valence-electron chi connectivity index (χ4n) is 2.26. The van der Waals surface area contributed by atoms with Gasteiger partial charge in [0.05, 0.1) is 6.34 Å². The Morgan fingerprint density at radius 2 is 1.81 bits per heavy atom. The van der Waals surface area contributed by atoms with Crippen LogP contribution in [0.5, 0.6) is 11.5 Å². The van der Waals surface area contributed by atoms with Crippen molar-refractivity contribution in [3.05, 3.63) is 53.6 Å². The van der Waals surface area contributed by atoms with Gasteiger partial charge in [-0.1, -0.05) is 18.2 Å². The highest BCUT2D eigenvalue weighted by atomic mass is 16.5. The van der Waals surface area contributed by atoms with E-state index in [1.54, 1.807) is 7.05 Å². The molecule has 0 atom stereocenters. The summed E-state index contributed by atoms with van der Waals surface area (Å²) in [4.78, 5) is 6.25. The Labute approximate surface area is 126 Å². The molecule has 0 amide bonds. The number of aryl methyl sites for hydroxylation is 2. The molecular formula is C18H22N2O. The number of anilines is 1. The monoisotopic (exact) mass is 282 g/mol. The highest BCUT2D eigenvalue weighted by Gasteiger charge is 2.10. The lowest BCUT2D eigenvalue weighted by Gasteiger charge is -2.21. The largest absolute Gasteiger partial charge is 0.457 e. The van der Waals surface area contributed by atoms with Gasteiger partial charge in [0.2, 0.25) is 0 Å². The fraction of sp³-hybridized carbons (Fsp3) is 0.278. The first-order valence-corrected chi connectivity index (χ1v) is 7.18. The summed E-state index contributed by atoms with van der Waals surface area (Å²) in [6.45, 7) is 7.16. The Morgan fingerprint density at radius 1 is 1.10 bits per heavy atom. The molecule has 0 aliphatic rings. The van der Waals surface area contributed by atoms with Crippen LogP contribution in [0.25, 0.3) is 0 Å². The predicted molar refractivity (Wildman–Crippen MR) is 89.9 cm³/mol. The summed E-state index contributed by atoms with van der Waals surface area (Å²) in [6, 6.07) is 14.1. The number of nitrogens with zero attached hydrogens (tertiary/aromatic N) is 2. The van der Waals surface area contributed by atoms with E-state index in [2.05, 4.69) is 42.8 Å². The fourth-order valence-corrected chi connectivity index (χ4v) is 2.26. The third-order valence-electron chi connectivity index (χ3n) is 3.37. The molecule has 2 aromatic rings. The zero-order chi connectivity index (χ0) is 15.2. The maximum atomic E-state index is 5.97. The van der Waals surface area contributed by atoms with Crippen molar-refractivity contribution in [2.75, 3.05) is 18.5 Å². The molecule has 2 rings (SSSR count). The first-order valence-electron chi connectivity index (χ1n) is 7.18. The number of benzene rings is 2. The molecule has 110 valence electrons. The summed E-state index contributed by atoms with van der Waals surface area (Å²) < 4.78 is 5.97. The Bertz CT molecular complexity index is 621. The lowest BCUT2D eigenvalue weighted by molar-refractivity contribution is 0.478. The minimum Gasteiger partial charge on any atom is -0.457 e. The van der Waals surface area contributed by atoms with Crippen LogP contribution in [-0.4, -0.2) is 19.9 Å². The van der Waals surface area contributed by atoms with E-state index in [1.165, 1.54) is 11.3 Å². The van der Waals surface area contributed by atoms with Crippen LogP contribution < -0.4 is 9.64 Å². The molecule has 0 radical (unpaired) electrons. The summed E-state index contributed by atoms with van der Waals surface area (Å²) in [7, 11) is 1.79. The van der Waals surface area contributed by atoms with Crippen molar-refractivity contribution >= 4 is 12.0 Å². The first-order chi connectivity index (χ1) is 10.2. The maximum Gasteiger partial charge on any atom is 0.130 e. The molecule has 3 nitrogen and oxygen atoms in total. The predicted octanol–water partition coefficient (Wildman–Crippen LogP) is 4.58. The van der Waals surface area contributed by atoms with Gasteiger partial charge in [-0.3, -0.25) is 4.99 Å². The molecule has 0 fully saturated rings. The van der Waals surface area contributed by atoms with Gasteiger partial charge in [0.1, 0.15) is 11.5 Å². The number of hydrogen-bond acceptors (Lipinski definition) is 2. The molecule has 0 unspecified atom stereocenters. The Kier molecular flexibility index (Phi) is 4.99. The molecule has 0 spiro atoms. The normalized spacial score (nSPS) is 10.9. The van der Waals surface area contributed by atoms with Gasteiger partial charge >= 0.3 is 0 Å². The Balaban J connectivity index is 2.32. The maximum absolute atomic E-state index is 5.97. The van der Waals surface area contributed by atoms with E-state index in [0.717, 1.165) is 23.6 Å². The molecular weight excluding hydrogens is 260 g/mol. The third kappa shape index (κ3) is 3.63. The molecule has 3 heteroatoms. The molecule has 0 aromatic heterocycles.